The van der Waals surface area contributed by atoms with Crippen LogP contribution in [0.5, 0.6) is 0 Å². The summed E-state index contributed by atoms with van der Waals surface area (Å²) in [5, 5.41) is 18.2. The Labute approximate surface area is 127 Å². The predicted molar refractivity (Wildman–Crippen MR) is 79.5 cm³/mol. The van der Waals surface area contributed by atoms with E-state index < -0.39 is 18.0 Å². The average molecular weight is 312 g/mol. The summed E-state index contributed by atoms with van der Waals surface area (Å²) in [4.78, 5) is 29.7. The minimum atomic E-state index is -0.968. The molecular weight excluding hydrogens is 292 g/mol. The Balaban J connectivity index is 0.000000338. The number of ether oxygens (including phenoxy) is 1. The van der Waals surface area contributed by atoms with Gasteiger partial charge in [-0.25, -0.2) is 4.79 Å². The Morgan fingerprint density at radius 2 is 1.73 bits per heavy atom. The van der Waals surface area contributed by atoms with E-state index in [0.717, 1.165) is 18.5 Å². The third-order valence-electron chi connectivity index (χ3n) is 2.31. The maximum Gasteiger partial charge on any atom is 0.411 e. The van der Waals surface area contributed by atoms with Crippen LogP contribution in [0.25, 0.3) is 0 Å². The molecule has 1 aromatic carbocycles. The summed E-state index contributed by atoms with van der Waals surface area (Å²) < 4.78 is 4.40. The highest BCUT2D eigenvalue weighted by Crippen LogP contribution is 2.28. The van der Waals surface area contributed by atoms with Crippen LogP contribution in [0.1, 0.15) is 12.8 Å². The summed E-state index contributed by atoms with van der Waals surface area (Å²) in [6.07, 6.45) is 1.35. The molecule has 1 aromatic rings. The number of carboxylic acid groups (broad SMARTS) is 2. The van der Waals surface area contributed by atoms with Crippen molar-refractivity contribution in [3.8, 4) is 0 Å². The van der Waals surface area contributed by atoms with Crippen LogP contribution >= 0.6 is 0 Å². The summed E-state index contributed by atoms with van der Waals surface area (Å²) in [7, 11) is 1.33. The molecular formula is C14H20N2O6. The summed E-state index contributed by atoms with van der Waals surface area (Å²) in [5.41, 5.74) is 5.31. The van der Waals surface area contributed by atoms with E-state index in [-0.39, 0.29) is 12.5 Å². The van der Waals surface area contributed by atoms with Crippen molar-refractivity contribution in [1.29, 1.82) is 0 Å². The first-order valence-electron chi connectivity index (χ1n) is 6.45. The molecule has 1 aliphatic carbocycles. The van der Waals surface area contributed by atoms with E-state index in [1.807, 2.05) is 18.2 Å². The lowest BCUT2D eigenvalue weighted by Crippen LogP contribution is -2.10. The normalized spacial score (nSPS) is 11.7. The first kappa shape index (κ1) is 19.4. The smallest absolute Gasteiger partial charge is 0.411 e. The van der Waals surface area contributed by atoms with Crippen LogP contribution in [0, 0.1) is 5.92 Å². The number of amides is 1. The Morgan fingerprint density at radius 1 is 1.23 bits per heavy atom. The van der Waals surface area contributed by atoms with Gasteiger partial charge in [0.2, 0.25) is 0 Å². The molecule has 1 saturated carbocycles. The van der Waals surface area contributed by atoms with E-state index in [1.54, 1.807) is 12.1 Å². The number of methoxy groups -OCH3 is 1. The highest BCUT2D eigenvalue weighted by molar-refractivity contribution is 5.84. The van der Waals surface area contributed by atoms with Gasteiger partial charge in [0.15, 0.2) is 0 Å². The first-order valence-corrected chi connectivity index (χ1v) is 6.45. The van der Waals surface area contributed by atoms with E-state index in [4.69, 9.17) is 10.2 Å². The Kier molecular flexibility index (Phi) is 9.78. The fourth-order valence-electron chi connectivity index (χ4n) is 1.02. The molecule has 0 atom stereocenters. The number of aliphatic carboxylic acids is 2. The van der Waals surface area contributed by atoms with E-state index in [1.165, 1.54) is 7.11 Å². The quantitative estimate of drug-likeness (QED) is 0.661. The average Bonchev–Trinajstić information content (AvgIpc) is 3.34. The molecule has 1 fully saturated rings. The number of anilines is 1. The molecule has 0 radical (unpaired) electrons. The molecule has 22 heavy (non-hydrogen) atoms. The number of carbonyl (C=O) groups is 3. The molecule has 8 heteroatoms. The summed E-state index contributed by atoms with van der Waals surface area (Å²) in [6, 6.07) is 9.13. The third kappa shape index (κ3) is 11.2. The molecule has 0 saturated heterocycles. The lowest BCUT2D eigenvalue weighted by Gasteiger charge is -2.01. The van der Waals surface area contributed by atoms with Crippen LogP contribution in [-0.4, -0.2) is 41.9 Å². The molecule has 1 amide bonds. The predicted octanol–water partition coefficient (Wildman–Crippen LogP) is 1.38. The van der Waals surface area contributed by atoms with Crippen molar-refractivity contribution >= 4 is 23.7 Å². The number of carboxylic acids is 2. The molecule has 1 aliphatic rings. The van der Waals surface area contributed by atoms with Crippen LogP contribution in [0.4, 0.5) is 10.5 Å². The van der Waals surface area contributed by atoms with Crippen molar-refractivity contribution in [3.05, 3.63) is 30.3 Å². The molecule has 0 unspecified atom stereocenters. The topological polar surface area (TPSA) is 139 Å². The van der Waals surface area contributed by atoms with Gasteiger partial charge < -0.3 is 20.7 Å². The SMILES string of the molecule is COC(=O)Nc1ccccc1.NCC(=O)O.O=C(O)C1CC1. The van der Waals surface area contributed by atoms with Gasteiger partial charge in [0.1, 0.15) is 0 Å². The number of rotatable bonds is 3. The van der Waals surface area contributed by atoms with Gasteiger partial charge in [0.05, 0.1) is 19.6 Å². The van der Waals surface area contributed by atoms with Gasteiger partial charge >= 0.3 is 18.0 Å². The minimum Gasteiger partial charge on any atom is -0.481 e. The van der Waals surface area contributed by atoms with Crippen molar-refractivity contribution in [2.45, 2.75) is 12.8 Å². The first-order chi connectivity index (χ1) is 10.4. The monoisotopic (exact) mass is 312 g/mol. The number of benzene rings is 1. The molecule has 0 spiro atoms. The number of hydrogen-bond donors (Lipinski definition) is 4. The lowest BCUT2D eigenvalue weighted by molar-refractivity contribution is -0.138. The summed E-state index contributed by atoms with van der Waals surface area (Å²) in [5.74, 6) is -1.58. The van der Waals surface area contributed by atoms with Gasteiger partial charge in [0, 0.05) is 5.69 Å². The molecule has 2 rings (SSSR count). The Morgan fingerprint density at radius 3 is 2.00 bits per heavy atom. The minimum absolute atomic E-state index is 0.0185. The van der Waals surface area contributed by atoms with Crippen LogP contribution in [-0.2, 0) is 14.3 Å². The van der Waals surface area contributed by atoms with Crippen molar-refractivity contribution in [1.82, 2.24) is 0 Å². The molecule has 0 aliphatic heterocycles. The molecule has 0 aromatic heterocycles. The van der Waals surface area contributed by atoms with Gasteiger partial charge in [0.25, 0.3) is 0 Å². The fourth-order valence-corrected chi connectivity index (χ4v) is 1.02. The highest BCUT2D eigenvalue weighted by atomic mass is 16.5. The molecule has 0 bridgehead atoms. The van der Waals surface area contributed by atoms with Crippen LogP contribution < -0.4 is 11.1 Å². The van der Waals surface area contributed by atoms with Crippen LogP contribution in [0.3, 0.4) is 0 Å². The maximum absolute atomic E-state index is 10.6. The largest absolute Gasteiger partial charge is 0.481 e. The van der Waals surface area contributed by atoms with Crippen molar-refractivity contribution in [2.75, 3.05) is 19.0 Å². The van der Waals surface area contributed by atoms with Crippen LogP contribution in [0.15, 0.2) is 30.3 Å². The van der Waals surface area contributed by atoms with Gasteiger partial charge in [-0.15, -0.1) is 0 Å². The second-order valence-electron chi connectivity index (χ2n) is 4.19. The van der Waals surface area contributed by atoms with Crippen molar-refractivity contribution < 1.29 is 29.3 Å². The second-order valence-corrected chi connectivity index (χ2v) is 4.19. The molecule has 8 nitrogen and oxygen atoms in total. The number of para-hydroxylation sites is 1. The fraction of sp³-hybridized carbons (Fsp3) is 0.357. The van der Waals surface area contributed by atoms with E-state index in [2.05, 4.69) is 15.8 Å². The van der Waals surface area contributed by atoms with Crippen molar-refractivity contribution in [2.24, 2.45) is 11.7 Å². The molecule has 5 N–H and O–H groups in total. The maximum atomic E-state index is 10.6. The zero-order valence-corrected chi connectivity index (χ0v) is 12.2. The molecule has 122 valence electrons. The number of hydrogen-bond acceptors (Lipinski definition) is 5. The summed E-state index contributed by atoms with van der Waals surface area (Å²) in [6.45, 7) is -0.278. The van der Waals surface area contributed by atoms with Gasteiger partial charge in [-0.05, 0) is 25.0 Å². The number of nitrogens with two attached hydrogens (primary N) is 1. The van der Waals surface area contributed by atoms with Crippen molar-refractivity contribution in [3.63, 3.8) is 0 Å². The number of nitrogens with one attached hydrogen (secondary N) is 1. The van der Waals surface area contributed by atoms with Gasteiger partial charge in [-0.3, -0.25) is 14.9 Å². The zero-order valence-electron chi connectivity index (χ0n) is 12.2. The van der Waals surface area contributed by atoms with Gasteiger partial charge in [-0.1, -0.05) is 18.2 Å². The third-order valence-corrected chi connectivity index (χ3v) is 2.31. The van der Waals surface area contributed by atoms with E-state index in [9.17, 15) is 14.4 Å². The molecule has 0 heterocycles. The standard InChI is InChI=1S/C8H9NO2.C4H6O2.C2H5NO2/c1-11-8(10)9-7-5-3-2-4-6-7;5-4(6)3-1-2-3;3-1-2(4)5/h2-6H,1H3,(H,9,10);3H,1-2H2,(H,5,6);1,3H2,(H,4,5). The van der Waals surface area contributed by atoms with E-state index >= 15 is 0 Å². The van der Waals surface area contributed by atoms with E-state index in [0.29, 0.717) is 0 Å². The lowest BCUT2D eigenvalue weighted by atomic mass is 10.3. The second kappa shape index (κ2) is 11.1. The zero-order chi connectivity index (χ0) is 17.0. The van der Waals surface area contributed by atoms with Crippen LogP contribution in [0.2, 0.25) is 0 Å². The highest BCUT2D eigenvalue weighted by Gasteiger charge is 2.28. The van der Waals surface area contributed by atoms with Gasteiger partial charge in [-0.2, -0.15) is 0 Å². The summed E-state index contributed by atoms with van der Waals surface area (Å²) >= 11 is 0. The number of carbonyl (C=O) groups excluding carboxylic acids is 1. The Bertz CT molecular complexity index is 473. The Hall–Kier alpha value is -2.61.